The minimum Gasteiger partial charge on any atom is -0.540 e. The van der Waals surface area contributed by atoms with Gasteiger partial charge in [-0.2, -0.15) is 58.5 Å². The molecule has 18 nitrogen and oxygen atoms in total. The number of para-hydroxylation sites is 4. The first-order valence-corrected chi connectivity index (χ1v) is 33.2. The summed E-state index contributed by atoms with van der Waals surface area (Å²) in [6.07, 6.45) is 0. The van der Waals surface area contributed by atoms with Crippen LogP contribution in [-0.4, -0.2) is 86.2 Å². The number of hydrogen-bond acceptors (Lipinski definition) is 17. The number of halogens is 9. The van der Waals surface area contributed by atoms with Crippen LogP contribution in [0.25, 0.3) is 66.0 Å². The fraction of sp³-hybridized carbons (Fsp3) is 0.0820. The maximum absolute atomic E-state index is 15.7. The summed E-state index contributed by atoms with van der Waals surface area (Å²) in [6.45, 7) is 1.75. The lowest BCUT2D eigenvalue weighted by Gasteiger charge is -2.31. The number of phenols is 1. The molecule has 3 aliphatic rings. The first kappa shape index (κ1) is 63.9. The van der Waals surface area contributed by atoms with Crippen LogP contribution < -0.4 is 33.0 Å². The van der Waals surface area contributed by atoms with E-state index >= 15 is 26.3 Å². The lowest BCUT2D eigenvalue weighted by molar-refractivity contribution is -0.245. The molecule has 2 aromatic heterocycles. The van der Waals surface area contributed by atoms with Crippen molar-refractivity contribution in [3.63, 3.8) is 0 Å². The van der Waals surface area contributed by atoms with Gasteiger partial charge < -0.3 is 32.2 Å². The number of benzene rings is 8. The second-order valence-corrected chi connectivity index (χ2v) is 28.2. The van der Waals surface area contributed by atoms with Crippen molar-refractivity contribution >= 4 is 133 Å². The number of aromatic hydroxyl groups is 1. The van der Waals surface area contributed by atoms with E-state index < -0.39 is 69.2 Å². The summed E-state index contributed by atoms with van der Waals surface area (Å²) < 4.78 is 232. The number of nitrogens with one attached hydrogen (secondary N) is 1. The maximum atomic E-state index is 15.7. The first-order chi connectivity index (χ1) is 45.0. The number of sulfonamides is 2. The fourth-order valence-corrected chi connectivity index (χ4v) is 16.4. The highest BCUT2D eigenvalue weighted by atomic mass is 32.3. The van der Waals surface area contributed by atoms with E-state index in [1.54, 1.807) is 104 Å². The number of phenolic OH excluding ortho intramolecular Hbond substituents is 1. The number of aromatic nitrogens is 2. The molecule has 34 heteroatoms. The van der Waals surface area contributed by atoms with Crippen molar-refractivity contribution in [1.82, 2.24) is 13.1 Å². The Labute approximate surface area is 540 Å². The molecule has 477 valence electrons. The van der Waals surface area contributed by atoms with Crippen molar-refractivity contribution in [3.8, 4) is 63.4 Å². The number of alkyl halides is 9. The van der Waals surface area contributed by atoms with Crippen molar-refractivity contribution < 1.29 is 88.0 Å². The van der Waals surface area contributed by atoms with Gasteiger partial charge in [0.2, 0.25) is 0 Å². The van der Waals surface area contributed by atoms with Crippen LogP contribution in [0.4, 0.5) is 50.9 Å². The molecule has 0 amide bonds. The summed E-state index contributed by atoms with van der Waals surface area (Å²) in [6, 6.07) is 48.3. The second kappa shape index (κ2) is 23.0. The van der Waals surface area contributed by atoms with Crippen molar-refractivity contribution in [1.29, 1.82) is 10.5 Å². The van der Waals surface area contributed by atoms with E-state index in [1.165, 1.54) is 34.8 Å². The molecule has 0 saturated heterocycles. The van der Waals surface area contributed by atoms with Gasteiger partial charge in [-0.3, -0.25) is 0 Å². The Morgan fingerprint density at radius 3 is 1.64 bits per heavy atom. The second-order valence-electron chi connectivity index (χ2n) is 20.9. The van der Waals surface area contributed by atoms with Gasteiger partial charge in [-0.15, -0.1) is 0 Å². The molecule has 0 saturated carbocycles. The van der Waals surface area contributed by atoms with Crippen LogP contribution in [0.15, 0.2) is 190 Å². The van der Waals surface area contributed by atoms with Crippen LogP contribution in [-0.2, 0) is 30.2 Å². The highest BCUT2D eigenvalue weighted by Gasteiger charge is 2.83. The predicted molar refractivity (Wildman–Crippen MR) is 337 cm³/mol. The van der Waals surface area contributed by atoms with Gasteiger partial charge in [0.15, 0.2) is 5.75 Å². The lowest BCUT2D eigenvalue weighted by Crippen LogP contribution is -2.64. The molecule has 8 aromatic carbocycles. The minimum atomic E-state index is -8.12. The molecule has 0 atom stereocenters. The Morgan fingerprint density at radius 2 is 1.11 bits per heavy atom. The molecular weight excluding hydrogens is 1360 g/mol. The van der Waals surface area contributed by atoms with E-state index in [2.05, 4.69) is 16.3 Å². The van der Waals surface area contributed by atoms with Gasteiger partial charge in [0.1, 0.15) is 56.4 Å². The van der Waals surface area contributed by atoms with Crippen molar-refractivity contribution in [2.75, 3.05) is 0 Å². The molecule has 1 radical (unpaired) electrons. The average molecular weight is 1390 g/mol. The number of hydrogen-bond donors (Lipinski definition) is 2. The number of fused-ring (bicyclic) bond motifs is 2. The molecule has 10 aromatic rings. The summed E-state index contributed by atoms with van der Waals surface area (Å²) in [7, 11) is -23.9. The SMILES string of the molecule is Cc1ccccc1-c1c2/c(=C(\C#N)C3=Nc4cccc5cccc(c45)S3)n(B3Oc4ccccc4O3)c(-c3ccc(OS(=O)(=O)C(F)(F)C(F)(F)C(F)(F)S(=O)(=O)NS(=O)(=O)C(F)(F)F)cc3)c2/c(=C(\C#N)C2=Nc3cccc4cccc(c34)S2)n1[B]Oc1ccccc1O. The molecule has 5 heterocycles. The Morgan fingerprint density at radius 1 is 0.600 bits per heavy atom. The Bertz CT molecular complexity index is 5590. The quantitative estimate of drug-likeness (QED) is 0.0518. The molecule has 2 N–H and O–H groups in total. The predicted octanol–water partition coefficient (Wildman–Crippen LogP) is 12.2. The summed E-state index contributed by atoms with van der Waals surface area (Å²) in [4.78, 5) is 11.4. The third-order valence-electron chi connectivity index (χ3n) is 15.1. The smallest absolute Gasteiger partial charge is 0.540 e. The third-order valence-corrected chi connectivity index (χ3v) is 21.8. The summed E-state index contributed by atoms with van der Waals surface area (Å²) in [5, 5.41) is 23.2. The zero-order valence-electron chi connectivity index (χ0n) is 47.5. The van der Waals surface area contributed by atoms with E-state index in [-0.39, 0.29) is 82.7 Å². The van der Waals surface area contributed by atoms with E-state index in [0.717, 1.165) is 57.2 Å². The molecule has 0 aliphatic carbocycles. The van der Waals surface area contributed by atoms with E-state index in [4.69, 9.17) is 23.9 Å². The van der Waals surface area contributed by atoms with Crippen molar-refractivity contribution in [2.24, 2.45) is 9.98 Å². The number of rotatable bonds is 16. The Hall–Kier alpha value is -9.83. The first-order valence-electron chi connectivity index (χ1n) is 27.2. The largest absolute Gasteiger partial charge is 0.743 e. The fourth-order valence-electron chi connectivity index (χ4n) is 10.9. The van der Waals surface area contributed by atoms with E-state index in [0.29, 0.717) is 44.4 Å². The molecule has 95 heavy (non-hydrogen) atoms. The van der Waals surface area contributed by atoms with Gasteiger partial charge >= 0.3 is 57.0 Å². The molecule has 13 rings (SSSR count). The lowest BCUT2D eigenvalue weighted by atomic mass is 10.0. The molecular formula is C61H33B2F9N7O11S5. The molecule has 3 aliphatic heterocycles. The standard InChI is InChI=1S/C61H33B2F9N7O11S5/c1-32-12-2-3-17-37(32)53-51-50(54(78(53)62-87-43-21-5-4-20-42(43)80)38(30-73)56-75-40-18-8-13-33-15-10-24-46(91-56)48(33)40)52(35-26-28-36(29-27-35)90-95(85,86)60(68,69)58(64,65)59(66,67)93(81,82)77-94(83,84)61(70,71)72)79(63-88-44-22-6-7-23-45(44)89-63)55(51)39(31-74)57-76-41-19-9-14-34-16-11-25-47(92-57)49(34)41/h2-29,77,80H,1H3/b54-38-,55-39-. The van der Waals surface area contributed by atoms with Crippen LogP contribution in [0.5, 0.6) is 28.7 Å². The number of aryl methyl sites for hydroxylation is 1. The molecule has 0 unspecified atom stereocenters. The summed E-state index contributed by atoms with van der Waals surface area (Å²) >= 11 is 2.19. The maximum Gasteiger partial charge on any atom is 0.743 e. The van der Waals surface area contributed by atoms with Gasteiger partial charge in [0.05, 0.1) is 27.8 Å². The molecule has 0 fully saturated rings. The van der Waals surface area contributed by atoms with Crippen molar-refractivity contribution in [2.45, 2.75) is 38.7 Å². The van der Waals surface area contributed by atoms with Gasteiger partial charge in [0, 0.05) is 42.6 Å². The zero-order valence-corrected chi connectivity index (χ0v) is 51.6. The van der Waals surface area contributed by atoms with Gasteiger partial charge in [-0.1, -0.05) is 125 Å². The normalized spacial score (nSPS) is 14.8. The van der Waals surface area contributed by atoms with Gasteiger partial charge in [0.25, 0.3) is 10.0 Å². The number of nitriles is 2. The van der Waals surface area contributed by atoms with E-state index in [9.17, 15) is 54.1 Å². The van der Waals surface area contributed by atoms with Gasteiger partial charge in [-0.05, 0) is 102 Å². The average Bonchev–Trinajstić information content (AvgIpc) is 1.56. The summed E-state index contributed by atoms with van der Waals surface area (Å²) in [5.74, 6) is -9.40. The highest BCUT2D eigenvalue weighted by molar-refractivity contribution is 8.15. The third kappa shape index (κ3) is 10.4. The number of aliphatic imine (C=N–C) groups is 2. The van der Waals surface area contributed by atoms with Crippen molar-refractivity contribution in [3.05, 3.63) is 186 Å². The van der Waals surface area contributed by atoms with Crippen LogP contribution >= 0.6 is 23.5 Å². The van der Waals surface area contributed by atoms with Crippen LogP contribution in [0.3, 0.4) is 0 Å². The Balaban J connectivity index is 1.14. The van der Waals surface area contributed by atoms with Crippen LogP contribution in [0.2, 0.25) is 0 Å². The molecule has 0 spiro atoms. The number of thioether (sulfide) groups is 2. The number of nitrogens with zero attached hydrogens (tertiary/aromatic N) is 6. The summed E-state index contributed by atoms with van der Waals surface area (Å²) in [5.41, 5.74) is -5.63. The van der Waals surface area contributed by atoms with Crippen LogP contribution in [0, 0.1) is 29.6 Å². The topological polar surface area (TPSA) is 254 Å². The van der Waals surface area contributed by atoms with E-state index in [1.807, 2.05) is 30.3 Å². The minimum absolute atomic E-state index is 0.0378. The zero-order chi connectivity index (χ0) is 67.5. The monoisotopic (exact) mass is 1390 g/mol. The molecule has 0 bridgehead atoms. The van der Waals surface area contributed by atoms with Crippen LogP contribution in [0.1, 0.15) is 5.56 Å². The Kier molecular flexibility index (Phi) is 15.5. The highest BCUT2D eigenvalue weighted by Crippen LogP contribution is 2.52. The van der Waals surface area contributed by atoms with Gasteiger partial charge in [-0.25, -0.2) is 26.8 Å².